The Morgan fingerprint density at radius 3 is 2.93 bits per heavy atom. The second-order valence-corrected chi connectivity index (χ2v) is 3.09. The normalized spacial score (nSPS) is 11.4. The Bertz CT molecular complexity index is 345. The molecule has 1 aromatic rings. The molecule has 0 aliphatic carbocycles. The molecule has 1 unspecified atom stereocenters. The number of ether oxygens (including phenoxy) is 1. The monoisotopic (exact) mass is 190 g/mol. The minimum Gasteiger partial charge on any atom is -0.497 e. The van der Waals surface area contributed by atoms with Gasteiger partial charge in [0.1, 0.15) is 5.75 Å². The highest BCUT2D eigenvalue weighted by molar-refractivity contribution is 5.39. The lowest BCUT2D eigenvalue weighted by Crippen LogP contribution is -1.95. The Labute approximate surface area is 84.5 Å². The highest BCUT2D eigenvalue weighted by atomic mass is 16.5. The minimum absolute atomic E-state index is 0.367. The maximum atomic E-state index is 9.00. The molecule has 0 spiro atoms. The number of rotatable bonds is 2. The fraction of sp³-hybridized carbons (Fsp3) is 0.333. The van der Waals surface area contributed by atoms with Gasteiger partial charge in [0.15, 0.2) is 0 Å². The van der Waals surface area contributed by atoms with E-state index < -0.39 is 0 Å². The first-order chi connectivity index (χ1) is 6.72. The highest BCUT2D eigenvalue weighted by Gasteiger charge is 1.92. The van der Waals surface area contributed by atoms with E-state index in [-0.39, 0.29) is 6.10 Å². The fourth-order valence-electron chi connectivity index (χ4n) is 1.00. The lowest BCUT2D eigenvalue weighted by molar-refractivity contribution is 0.201. The second kappa shape index (κ2) is 5.31. The van der Waals surface area contributed by atoms with Gasteiger partial charge in [0.25, 0.3) is 0 Å². The van der Waals surface area contributed by atoms with E-state index in [1.165, 1.54) is 0 Å². The van der Waals surface area contributed by atoms with Crippen LogP contribution in [-0.4, -0.2) is 18.3 Å². The number of aliphatic hydroxyl groups excluding tert-OH is 1. The van der Waals surface area contributed by atoms with Crippen molar-refractivity contribution in [1.29, 1.82) is 0 Å². The SMILES string of the molecule is COc1cccc(C#CCC(C)O)c1. The Kier molecular flexibility index (Phi) is 4.03. The van der Waals surface area contributed by atoms with Crippen molar-refractivity contribution in [3.63, 3.8) is 0 Å². The summed E-state index contributed by atoms with van der Waals surface area (Å²) in [6.45, 7) is 1.72. The maximum Gasteiger partial charge on any atom is 0.120 e. The van der Waals surface area contributed by atoms with Crippen LogP contribution in [0.4, 0.5) is 0 Å². The van der Waals surface area contributed by atoms with Gasteiger partial charge in [0.2, 0.25) is 0 Å². The van der Waals surface area contributed by atoms with Crippen LogP contribution in [0.3, 0.4) is 0 Å². The van der Waals surface area contributed by atoms with Crippen molar-refractivity contribution in [2.75, 3.05) is 7.11 Å². The summed E-state index contributed by atoms with van der Waals surface area (Å²) in [5, 5.41) is 9.00. The van der Waals surface area contributed by atoms with E-state index in [4.69, 9.17) is 9.84 Å². The number of methoxy groups -OCH3 is 1. The Morgan fingerprint density at radius 2 is 2.29 bits per heavy atom. The van der Waals surface area contributed by atoms with Crippen molar-refractivity contribution in [2.45, 2.75) is 19.4 Å². The molecule has 1 rings (SSSR count). The van der Waals surface area contributed by atoms with Crippen LogP contribution in [0.5, 0.6) is 5.75 Å². The quantitative estimate of drug-likeness (QED) is 0.721. The van der Waals surface area contributed by atoms with Crippen molar-refractivity contribution in [2.24, 2.45) is 0 Å². The molecule has 1 atom stereocenters. The first-order valence-corrected chi connectivity index (χ1v) is 4.53. The van der Waals surface area contributed by atoms with Crippen LogP contribution in [0, 0.1) is 11.8 Å². The third-order valence-corrected chi connectivity index (χ3v) is 1.70. The molecule has 1 aromatic carbocycles. The molecule has 0 bridgehead atoms. The van der Waals surface area contributed by atoms with Gasteiger partial charge in [-0.1, -0.05) is 17.9 Å². The second-order valence-electron chi connectivity index (χ2n) is 3.09. The number of aliphatic hydroxyl groups is 1. The summed E-state index contributed by atoms with van der Waals surface area (Å²) in [7, 11) is 1.63. The zero-order chi connectivity index (χ0) is 10.4. The predicted octanol–water partition coefficient (Wildman–Crippen LogP) is 1.82. The van der Waals surface area contributed by atoms with Crippen LogP contribution >= 0.6 is 0 Å². The minimum atomic E-state index is -0.367. The summed E-state index contributed by atoms with van der Waals surface area (Å²) in [6, 6.07) is 7.55. The summed E-state index contributed by atoms with van der Waals surface area (Å²) in [5.41, 5.74) is 0.907. The molecule has 0 amide bonds. The smallest absolute Gasteiger partial charge is 0.120 e. The Balaban J connectivity index is 2.69. The first-order valence-electron chi connectivity index (χ1n) is 4.53. The van der Waals surface area contributed by atoms with Gasteiger partial charge in [-0.05, 0) is 25.1 Å². The summed E-state index contributed by atoms with van der Waals surface area (Å²) in [4.78, 5) is 0. The molecule has 0 radical (unpaired) electrons. The molecule has 0 aliphatic heterocycles. The van der Waals surface area contributed by atoms with E-state index in [2.05, 4.69) is 11.8 Å². The lowest BCUT2D eigenvalue weighted by atomic mass is 10.2. The zero-order valence-corrected chi connectivity index (χ0v) is 8.45. The van der Waals surface area contributed by atoms with Crippen LogP contribution in [-0.2, 0) is 0 Å². The summed E-state index contributed by atoms with van der Waals surface area (Å²) < 4.78 is 5.07. The van der Waals surface area contributed by atoms with Gasteiger partial charge in [-0.25, -0.2) is 0 Å². The topological polar surface area (TPSA) is 29.5 Å². The highest BCUT2D eigenvalue weighted by Crippen LogP contribution is 2.11. The van der Waals surface area contributed by atoms with E-state index >= 15 is 0 Å². The maximum absolute atomic E-state index is 9.00. The standard InChI is InChI=1S/C12H14O2/c1-10(13)5-3-6-11-7-4-8-12(9-11)14-2/h4,7-10,13H,5H2,1-2H3. The van der Waals surface area contributed by atoms with Crippen LogP contribution in [0.1, 0.15) is 18.9 Å². The van der Waals surface area contributed by atoms with Crippen LogP contribution in [0.25, 0.3) is 0 Å². The summed E-state index contributed by atoms with van der Waals surface area (Å²) in [5.74, 6) is 6.66. The summed E-state index contributed by atoms with van der Waals surface area (Å²) in [6.07, 6.45) is 0.130. The van der Waals surface area contributed by atoms with E-state index in [0.29, 0.717) is 6.42 Å². The van der Waals surface area contributed by atoms with Gasteiger partial charge in [-0.2, -0.15) is 0 Å². The van der Waals surface area contributed by atoms with E-state index in [9.17, 15) is 0 Å². The van der Waals surface area contributed by atoms with Crippen LogP contribution in [0.15, 0.2) is 24.3 Å². The molecule has 0 fully saturated rings. The van der Waals surface area contributed by atoms with Crippen molar-refractivity contribution in [3.8, 4) is 17.6 Å². The van der Waals surface area contributed by atoms with Crippen LogP contribution in [0.2, 0.25) is 0 Å². The molecule has 0 saturated carbocycles. The lowest BCUT2D eigenvalue weighted by Gasteiger charge is -1.98. The van der Waals surface area contributed by atoms with Crippen molar-refractivity contribution in [3.05, 3.63) is 29.8 Å². The Morgan fingerprint density at radius 1 is 1.50 bits per heavy atom. The summed E-state index contributed by atoms with van der Waals surface area (Å²) >= 11 is 0. The molecule has 1 N–H and O–H groups in total. The third-order valence-electron chi connectivity index (χ3n) is 1.70. The number of benzene rings is 1. The van der Waals surface area contributed by atoms with E-state index in [1.54, 1.807) is 14.0 Å². The van der Waals surface area contributed by atoms with Gasteiger partial charge < -0.3 is 9.84 Å². The number of hydrogen-bond acceptors (Lipinski definition) is 2. The average Bonchev–Trinajstić information content (AvgIpc) is 2.18. The molecule has 14 heavy (non-hydrogen) atoms. The molecule has 2 heteroatoms. The van der Waals surface area contributed by atoms with Gasteiger partial charge >= 0.3 is 0 Å². The average molecular weight is 190 g/mol. The molecular formula is C12H14O2. The van der Waals surface area contributed by atoms with Crippen molar-refractivity contribution in [1.82, 2.24) is 0 Å². The largest absolute Gasteiger partial charge is 0.497 e. The third kappa shape index (κ3) is 3.51. The van der Waals surface area contributed by atoms with Crippen LogP contribution < -0.4 is 4.74 Å². The van der Waals surface area contributed by atoms with E-state index in [0.717, 1.165) is 11.3 Å². The molecule has 0 heterocycles. The molecule has 0 aromatic heterocycles. The molecular weight excluding hydrogens is 176 g/mol. The first kappa shape index (κ1) is 10.6. The fourth-order valence-corrected chi connectivity index (χ4v) is 1.00. The van der Waals surface area contributed by atoms with Gasteiger partial charge in [-0.3, -0.25) is 0 Å². The van der Waals surface area contributed by atoms with Gasteiger partial charge in [-0.15, -0.1) is 0 Å². The Hall–Kier alpha value is -1.46. The zero-order valence-electron chi connectivity index (χ0n) is 8.45. The van der Waals surface area contributed by atoms with E-state index in [1.807, 2.05) is 24.3 Å². The van der Waals surface area contributed by atoms with Crippen molar-refractivity contribution >= 4 is 0 Å². The molecule has 0 aliphatic rings. The van der Waals surface area contributed by atoms with Gasteiger partial charge in [0, 0.05) is 12.0 Å². The number of hydrogen-bond donors (Lipinski definition) is 1. The molecule has 2 nitrogen and oxygen atoms in total. The molecule has 74 valence electrons. The molecule has 0 saturated heterocycles. The van der Waals surface area contributed by atoms with Gasteiger partial charge in [0.05, 0.1) is 13.2 Å². The van der Waals surface area contributed by atoms with Crippen molar-refractivity contribution < 1.29 is 9.84 Å². The predicted molar refractivity (Wildman–Crippen MR) is 56.2 cm³/mol.